The van der Waals surface area contributed by atoms with Gasteiger partial charge in [0.15, 0.2) is 6.29 Å². The predicted octanol–water partition coefficient (Wildman–Crippen LogP) is 2.39. The Hall–Kier alpha value is -0.0800. The topological polar surface area (TPSA) is 18.5 Å². The zero-order valence-corrected chi connectivity index (χ0v) is 7.64. The van der Waals surface area contributed by atoms with E-state index >= 15 is 0 Å². The first-order valence-electron chi connectivity index (χ1n) is 4.37. The second-order valence-corrected chi connectivity index (χ2v) is 2.52. The highest BCUT2D eigenvalue weighted by Gasteiger charge is 1.98. The van der Waals surface area contributed by atoms with Crippen LogP contribution in [0.25, 0.3) is 0 Å². The van der Waals surface area contributed by atoms with Crippen molar-refractivity contribution in [3.05, 3.63) is 6.92 Å². The van der Waals surface area contributed by atoms with Crippen molar-refractivity contribution < 1.29 is 9.47 Å². The van der Waals surface area contributed by atoms with E-state index in [4.69, 9.17) is 9.47 Å². The van der Waals surface area contributed by atoms with Crippen LogP contribution < -0.4 is 0 Å². The summed E-state index contributed by atoms with van der Waals surface area (Å²) in [6.45, 7) is 9.40. The summed E-state index contributed by atoms with van der Waals surface area (Å²) in [5, 5.41) is 0. The molecular weight excluding hydrogens is 140 g/mol. The summed E-state index contributed by atoms with van der Waals surface area (Å²) in [5.41, 5.74) is 0. The summed E-state index contributed by atoms with van der Waals surface area (Å²) >= 11 is 0. The Kier molecular flexibility index (Phi) is 7.96. The van der Waals surface area contributed by atoms with Crippen molar-refractivity contribution in [2.75, 3.05) is 13.2 Å². The molecule has 2 nitrogen and oxygen atoms in total. The van der Waals surface area contributed by atoms with Crippen molar-refractivity contribution in [2.45, 2.75) is 39.4 Å². The van der Waals surface area contributed by atoms with Crippen LogP contribution in [0.15, 0.2) is 0 Å². The van der Waals surface area contributed by atoms with Gasteiger partial charge in [0.1, 0.15) is 0 Å². The summed E-state index contributed by atoms with van der Waals surface area (Å²) in [7, 11) is 0. The molecule has 0 N–H and O–H groups in total. The molecule has 0 saturated heterocycles. The lowest BCUT2D eigenvalue weighted by molar-refractivity contribution is -0.113. The molecule has 0 aromatic carbocycles. The maximum Gasteiger partial charge on any atom is 0.157 e. The lowest BCUT2D eigenvalue weighted by Crippen LogP contribution is -2.14. The molecule has 0 amide bonds. The molecule has 0 fully saturated rings. The number of hydrogen-bond acceptors (Lipinski definition) is 2. The zero-order valence-electron chi connectivity index (χ0n) is 7.64. The minimum Gasteiger partial charge on any atom is -0.353 e. The van der Waals surface area contributed by atoms with Gasteiger partial charge in [0.25, 0.3) is 0 Å². The molecule has 0 aromatic rings. The Labute approximate surface area is 69.9 Å². The van der Waals surface area contributed by atoms with Gasteiger partial charge in [-0.15, -0.1) is 0 Å². The summed E-state index contributed by atoms with van der Waals surface area (Å²) < 4.78 is 10.5. The van der Waals surface area contributed by atoms with Crippen molar-refractivity contribution in [1.82, 2.24) is 0 Å². The number of unbranched alkanes of at least 4 members (excludes halogenated alkanes) is 1. The largest absolute Gasteiger partial charge is 0.353 e. The summed E-state index contributed by atoms with van der Waals surface area (Å²) in [6, 6.07) is 0. The highest BCUT2D eigenvalue weighted by molar-refractivity contribution is 4.45. The molecule has 0 spiro atoms. The molecule has 0 aliphatic heterocycles. The van der Waals surface area contributed by atoms with Gasteiger partial charge >= 0.3 is 0 Å². The number of rotatable bonds is 7. The van der Waals surface area contributed by atoms with Crippen molar-refractivity contribution in [2.24, 2.45) is 0 Å². The maximum absolute atomic E-state index is 5.25. The van der Waals surface area contributed by atoms with Crippen LogP contribution in [-0.2, 0) is 9.47 Å². The lowest BCUT2D eigenvalue weighted by atomic mass is 10.4. The van der Waals surface area contributed by atoms with Gasteiger partial charge in [-0.1, -0.05) is 20.3 Å². The van der Waals surface area contributed by atoms with Crippen LogP contribution in [0.3, 0.4) is 0 Å². The second-order valence-electron chi connectivity index (χ2n) is 2.52. The quantitative estimate of drug-likeness (QED) is 0.419. The van der Waals surface area contributed by atoms with Gasteiger partial charge in [-0.05, 0) is 12.8 Å². The first-order chi connectivity index (χ1) is 5.31. The van der Waals surface area contributed by atoms with E-state index in [9.17, 15) is 0 Å². The SMILES string of the molecule is [CH2]C(OCCC)OCCCC. The van der Waals surface area contributed by atoms with Gasteiger partial charge in [-0.2, -0.15) is 0 Å². The van der Waals surface area contributed by atoms with Gasteiger partial charge in [-0.3, -0.25) is 0 Å². The lowest BCUT2D eigenvalue weighted by Gasteiger charge is -2.12. The maximum atomic E-state index is 5.25. The van der Waals surface area contributed by atoms with E-state index in [0.29, 0.717) is 0 Å². The Morgan fingerprint density at radius 3 is 2.27 bits per heavy atom. The van der Waals surface area contributed by atoms with Crippen LogP contribution in [0.5, 0.6) is 0 Å². The predicted molar refractivity (Wildman–Crippen MR) is 46.2 cm³/mol. The molecule has 11 heavy (non-hydrogen) atoms. The molecule has 2 heteroatoms. The van der Waals surface area contributed by atoms with Crippen LogP contribution in [0.2, 0.25) is 0 Å². The molecule has 0 aliphatic rings. The summed E-state index contributed by atoms with van der Waals surface area (Å²) in [6.07, 6.45) is 2.98. The molecule has 0 heterocycles. The van der Waals surface area contributed by atoms with E-state index in [1.165, 1.54) is 0 Å². The Morgan fingerprint density at radius 1 is 1.09 bits per heavy atom. The van der Waals surface area contributed by atoms with Crippen molar-refractivity contribution >= 4 is 0 Å². The van der Waals surface area contributed by atoms with Gasteiger partial charge in [0.2, 0.25) is 0 Å². The molecule has 1 atom stereocenters. The molecule has 1 radical (unpaired) electrons. The molecule has 0 aliphatic carbocycles. The third kappa shape index (κ3) is 7.82. The highest BCUT2D eigenvalue weighted by Crippen LogP contribution is 1.96. The van der Waals surface area contributed by atoms with E-state index in [2.05, 4.69) is 20.8 Å². The Morgan fingerprint density at radius 2 is 1.73 bits per heavy atom. The molecular formula is C9H19O2. The van der Waals surface area contributed by atoms with E-state index in [0.717, 1.165) is 32.5 Å². The Balaban J connectivity index is 3.02. The van der Waals surface area contributed by atoms with Crippen LogP contribution in [0.1, 0.15) is 33.1 Å². The summed E-state index contributed by atoms with van der Waals surface area (Å²) in [4.78, 5) is 0. The van der Waals surface area contributed by atoms with Crippen LogP contribution in [-0.4, -0.2) is 19.5 Å². The molecule has 0 rings (SSSR count). The standard InChI is InChI=1S/C9H19O2/c1-4-6-8-11-9(3)10-7-5-2/h9H,3-8H2,1-2H3. The number of ether oxygens (including phenoxy) is 2. The van der Waals surface area contributed by atoms with Crippen LogP contribution >= 0.6 is 0 Å². The Bertz CT molecular complexity index is 74.0. The molecule has 0 bridgehead atoms. The van der Waals surface area contributed by atoms with E-state index in [1.54, 1.807) is 0 Å². The monoisotopic (exact) mass is 159 g/mol. The van der Waals surface area contributed by atoms with Crippen molar-refractivity contribution in [3.63, 3.8) is 0 Å². The smallest absolute Gasteiger partial charge is 0.157 e. The molecule has 0 saturated carbocycles. The van der Waals surface area contributed by atoms with E-state index in [1.807, 2.05) is 0 Å². The number of hydrogen-bond donors (Lipinski definition) is 0. The third-order valence-corrected chi connectivity index (χ3v) is 1.31. The van der Waals surface area contributed by atoms with Crippen LogP contribution in [0.4, 0.5) is 0 Å². The normalized spacial score (nSPS) is 13.4. The minimum absolute atomic E-state index is 0.276. The van der Waals surface area contributed by atoms with Gasteiger partial charge in [0.05, 0.1) is 0 Å². The van der Waals surface area contributed by atoms with Crippen molar-refractivity contribution in [3.8, 4) is 0 Å². The average molecular weight is 159 g/mol. The van der Waals surface area contributed by atoms with E-state index < -0.39 is 0 Å². The summed E-state index contributed by atoms with van der Waals surface area (Å²) in [5.74, 6) is 0. The highest BCUT2D eigenvalue weighted by atomic mass is 16.7. The van der Waals surface area contributed by atoms with Gasteiger partial charge in [-0.25, -0.2) is 0 Å². The molecule has 1 unspecified atom stereocenters. The zero-order chi connectivity index (χ0) is 8.53. The van der Waals surface area contributed by atoms with E-state index in [-0.39, 0.29) is 6.29 Å². The molecule has 0 aromatic heterocycles. The van der Waals surface area contributed by atoms with Crippen molar-refractivity contribution in [1.29, 1.82) is 0 Å². The fraction of sp³-hybridized carbons (Fsp3) is 0.889. The minimum atomic E-state index is -0.276. The van der Waals surface area contributed by atoms with Crippen LogP contribution in [0, 0.1) is 6.92 Å². The fourth-order valence-corrected chi connectivity index (χ4v) is 0.657. The second kappa shape index (κ2) is 8.02. The average Bonchev–Trinajstić information content (AvgIpc) is 2.01. The first-order valence-corrected chi connectivity index (χ1v) is 4.37. The fourth-order valence-electron chi connectivity index (χ4n) is 0.657. The third-order valence-electron chi connectivity index (χ3n) is 1.31. The van der Waals surface area contributed by atoms with Gasteiger partial charge in [0, 0.05) is 20.1 Å². The molecule has 67 valence electrons. The van der Waals surface area contributed by atoms with Gasteiger partial charge < -0.3 is 9.47 Å². The first kappa shape index (κ1) is 10.9.